The molecule has 0 aliphatic carbocycles. The third-order valence-corrected chi connectivity index (χ3v) is 4.39. The zero-order valence-electron chi connectivity index (χ0n) is 13.0. The molecule has 0 amide bonds. The van der Waals surface area contributed by atoms with Crippen molar-refractivity contribution in [3.8, 4) is 11.5 Å². The second-order valence-electron chi connectivity index (χ2n) is 5.98. The topological polar surface area (TPSA) is 44.7 Å². The molecule has 0 saturated carbocycles. The SMILES string of the molecule is COc1cc(Br)cc([C@@H](CC(C)C)N2CCNCC2)c1O. The molecule has 2 rings (SSSR count). The fourth-order valence-corrected chi connectivity index (χ4v) is 3.37. The Morgan fingerprint density at radius 3 is 2.57 bits per heavy atom. The molecule has 0 spiro atoms. The maximum absolute atomic E-state index is 10.5. The van der Waals surface area contributed by atoms with Gasteiger partial charge in [-0.15, -0.1) is 0 Å². The number of nitrogens with zero attached hydrogens (tertiary/aromatic N) is 1. The van der Waals surface area contributed by atoms with Crippen molar-refractivity contribution >= 4 is 15.9 Å². The number of halogens is 1. The van der Waals surface area contributed by atoms with Crippen LogP contribution in [0.25, 0.3) is 0 Å². The zero-order chi connectivity index (χ0) is 15.4. The summed E-state index contributed by atoms with van der Waals surface area (Å²) in [5.74, 6) is 1.36. The van der Waals surface area contributed by atoms with Crippen LogP contribution in [-0.4, -0.2) is 43.3 Å². The summed E-state index contributed by atoms with van der Waals surface area (Å²) in [5.41, 5.74) is 0.955. The maximum atomic E-state index is 10.5. The Morgan fingerprint density at radius 2 is 2.00 bits per heavy atom. The smallest absolute Gasteiger partial charge is 0.162 e. The van der Waals surface area contributed by atoms with Gasteiger partial charge in [-0.1, -0.05) is 29.8 Å². The third kappa shape index (κ3) is 4.11. The van der Waals surface area contributed by atoms with E-state index in [9.17, 15) is 5.11 Å². The van der Waals surface area contributed by atoms with Gasteiger partial charge in [0.25, 0.3) is 0 Å². The van der Waals surface area contributed by atoms with Crippen LogP contribution in [0.5, 0.6) is 11.5 Å². The molecule has 1 aliphatic heterocycles. The Kier molecular flexibility index (Phi) is 5.90. The molecular weight excluding hydrogens is 332 g/mol. The standard InChI is InChI=1S/C16H25BrN2O2/c1-11(2)8-14(19-6-4-18-5-7-19)13-9-12(17)10-15(21-3)16(13)20/h9-11,14,18,20H,4-8H2,1-3H3/t14-/m1/s1. The van der Waals surface area contributed by atoms with E-state index in [1.807, 2.05) is 12.1 Å². The lowest BCUT2D eigenvalue weighted by Gasteiger charge is -2.36. The molecule has 0 aromatic heterocycles. The summed E-state index contributed by atoms with van der Waals surface area (Å²) in [5, 5.41) is 13.9. The number of rotatable bonds is 5. The highest BCUT2D eigenvalue weighted by Crippen LogP contribution is 2.41. The summed E-state index contributed by atoms with van der Waals surface area (Å²) in [7, 11) is 1.59. The molecule has 1 fully saturated rings. The Hall–Kier alpha value is -0.780. The minimum absolute atomic E-state index is 0.221. The van der Waals surface area contributed by atoms with Crippen molar-refractivity contribution in [2.24, 2.45) is 5.92 Å². The van der Waals surface area contributed by atoms with Gasteiger partial charge in [0.05, 0.1) is 7.11 Å². The first-order chi connectivity index (χ1) is 10.0. The van der Waals surface area contributed by atoms with Crippen molar-refractivity contribution in [3.05, 3.63) is 22.2 Å². The van der Waals surface area contributed by atoms with Gasteiger partial charge in [-0.2, -0.15) is 0 Å². The summed E-state index contributed by atoms with van der Waals surface area (Å²) >= 11 is 3.52. The monoisotopic (exact) mass is 356 g/mol. The van der Waals surface area contributed by atoms with Gasteiger partial charge < -0.3 is 15.2 Å². The van der Waals surface area contributed by atoms with Crippen LogP contribution in [-0.2, 0) is 0 Å². The highest BCUT2D eigenvalue weighted by Gasteiger charge is 2.27. The predicted molar refractivity (Wildman–Crippen MR) is 89.0 cm³/mol. The molecule has 4 nitrogen and oxygen atoms in total. The number of hydrogen-bond donors (Lipinski definition) is 2. The van der Waals surface area contributed by atoms with E-state index < -0.39 is 0 Å². The second kappa shape index (κ2) is 7.47. The number of aromatic hydroxyl groups is 1. The van der Waals surface area contributed by atoms with Gasteiger partial charge in [0.2, 0.25) is 0 Å². The molecule has 0 radical (unpaired) electrons. The van der Waals surface area contributed by atoms with Crippen LogP contribution in [0.4, 0.5) is 0 Å². The first-order valence-corrected chi connectivity index (χ1v) is 8.33. The number of nitrogens with one attached hydrogen (secondary N) is 1. The molecule has 0 unspecified atom stereocenters. The quantitative estimate of drug-likeness (QED) is 0.850. The van der Waals surface area contributed by atoms with Crippen molar-refractivity contribution in [1.29, 1.82) is 0 Å². The van der Waals surface area contributed by atoms with Gasteiger partial charge in [0.1, 0.15) is 0 Å². The first-order valence-electron chi connectivity index (χ1n) is 7.54. The number of ether oxygens (including phenoxy) is 1. The molecular formula is C16H25BrN2O2. The number of methoxy groups -OCH3 is 1. The average Bonchev–Trinajstić information content (AvgIpc) is 2.47. The van der Waals surface area contributed by atoms with Crippen LogP contribution in [0.3, 0.4) is 0 Å². The molecule has 2 N–H and O–H groups in total. The summed E-state index contributed by atoms with van der Waals surface area (Å²) in [4.78, 5) is 2.46. The first kappa shape index (κ1) is 16.6. The Bertz CT molecular complexity index is 474. The van der Waals surface area contributed by atoms with Crippen molar-refractivity contribution < 1.29 is 9.84 Å². The number of phenols is 1. The lowest BCUT2D eigenvalue weighted by Crippen LogP contribution is -2.45. The van der Waals surface area contributed by atoms with Crippen LogP contribution >= 0.6 is 15.9 Å². The fourth-order valence-electron chi connectivity index (χ4n) is 2.92. The van der Waals surface area contributed by atoms with Crippen molar-refractivity contribution in [3.63, 3.8) is 0 Å². The summed E-state index contributed by atoms with van der Waals surface area (Å²) in [6, 6.07) is 4.05. The van der Waals surface area contributed by atoms with Gasteiger partial charge in [-0.3, -0.25) is 4.90 Å². The lowest BCUT2D eigenvalue weighted by molar-refractivity contribution is 0.151. The highest BCUT2D eigenvalue weighted by molar-refractivity contribution is 9.10. The molecule has 1 saturated heterocycles. The number of phenolic OH excluding ortho intramolecular Hbond substituents is 1. The normalized spacial score (nSPS) is 18.0. The minimum Gasteiger partial charge on any atom is -0.504 e. The van der Waals surface area contributed by atoms with Gasteiger partial charge in [0, 0.05) is 42.3 Å². The van der Waals surface area contributed by atoms with Gasteiger partial charge in [-0.05, 0) is 24.5 Å². The average molecular weight is 357 g/mol. The van der Waals surface area contributed by atoms with Gasteiger partial charge in [0.15, 0.2) is 11.5 Å². The molecule has 5 heteroatoms. The Labute approximate surface area is 135 Å². The zero-order valence-corrected chi connectivity index (χ0v) is 14.6. The number of benzene rings is 1. The molecule has 1 aliphatic rings. The Balaban J connectivity index is 2.37. The predicted octanol–water partition coefficient (Wildman–Crippen LogP) is 3.16. The molecule has 1 atom stereocenters. The van der Waals surface area contributed by atoms with E-state index in [4.69, 9.17) is 4.74 Å². The summed E-state index contributed by atoms with van der Waals surface area (Å²) in [6.45, 7) is 8.46. The van der Waals surface area contributed by atoms with Gasteiger partial charge in [-0.25, -0.2) is 0 Å². The number of hydrogen-bond acceptors (Lipinski definition) is 4. The van der Waals surface area contributed by atoms with Crippen LogP contribution in [0.1, 0.15) is 31.9 Å². The van der Waals surface area contributed by atoms with Crippen molar-refractivity contribution in [2.75, 3.05) is 33.3 Å². The highest BCUT2D eigenvalue weighted by atomic mass is 79.9. The van der Waals surface area contributed by atoms with E-state index in [0.717, 1.165) is 42.6 Å². The summed E-state index contributed by atoms with van der Waals surface area (Å²) in [6.07, 6.45) is 1.02. The fraction of sp³-hybridized carbons (Fsp3) is 0.625. The van der Waals surface area contributed by atoms with E-state index in [2.05, 4.69) is 40.0 Å². The van der Waals surface area contributed by atoms with E-state index in [1.54, 1.807) is 7.11 Å². The lowest BCUT2D eigenvalue weighted by atomic mass is 9.94. The van der Waals surface area contributed by atoms with Crippen LogP contribution in [0.15, 0.2) is 16.6 Å². The van der Waals surface area contributed by atoms with Gasteiger partial charge >= 0.3 is 0 Å². The molecule has 0 bridgehead atoms. The minimum atomic E-state index is 0.221. The van der Waals surface area contributed by atoms with Crippen LogP contribution in [0.2, 0.25) is 0 Å². The van der Waals surface area contributed by atoms with Crippen LogP contribution in [0, 0.1) is 5.92 Å². The largest absolute Gasteiger partial charge is 0.504 e. The maximum Gasteiger partial charge on any atom is 0.162 e. The molecule has 1 aromatic rings. The second-order valence-corrected chi connectivity index (χ2v) is 6.89. The van der Waals surface area contributed by atoms with E-state index in [-0.39, 0.29) is 11.8 Å². The molecule has 118 valence electrons. The van der Waals surface area contributed by atoms with E-state index >= 15 is 0 Å². The van der Waals surface area contributed by atoms with E-state index in [0.29, 0.717) is 11.7 Å². The summed E-state index contributed by atoms with van der Waals surface area (Å²) < 4.78 is 6.24. The van der Waals surface area contributed by atoms with Crippen LogP contribution < -0.4 is 10.1 Å². The molecule has 21 heavy (non-hydrogen) atoms. The Morgan fingerprint density at radius 1 is 1.33 bits per heavy atom. The molecule has 1 heterocycles. The van der Waals surface area contributed by atoms with Crippen molar-refractivity contribution in [2.45, 2.75) is 26.3 Å². The third-order valence-electron chi connectivity index (χ3n) is 3.94. The van der Waals surface area contributed by atoms with Crippen molar-refractivity contribution in [1.82, 2.24) is 10.2 Å². The van der Waals surface area contributed by atoms with E-state index in [1.165, 1.54) is 0 Å². The number of piperazine rings is 1. The molecule has 1 aromatic carbocycles.